The Kier molecular flexibility index (Phi) is 3.61. The van der Waals surface area contributed by atoms with Gasteiger partial charge >= 0.3 is 44.1 Å². The maximum absolute atomic E-state index is 4.72. The number of aromatic nitrogens is 1. The molecule has 1 aromatic rings. The Labute approximate surface area is 63.1 Å². The molecule has 0 saturated carbocycles. The molecule has 1 radical (unpaired) electrons. The summed E-state index contributed by atoms with van der Waals surface area (Å²) in [6.07, 6.45) is 3.17. The van der Waals surface area contributed by atoms with E-state index in [1.165, 1.54) is 0 Å². The van der Waals surface area contributed by atoms with Gasteiger partial charge in [-0.2, -0.15) is 0 Å². The molecule has 4 heteroatoms. The Bertz CT molecular complexity index is 116. The van der Waals surface area contributed by atoms with Gasteiger partial charge in [0.25, 0.3) is 0 Å². The molecule has 1 heterocycles. The third-order valence-corrected chi connectivity index (χ3v) is 0.556. The van der Waals surface area contributed by atoms with E-state index in [0.717, 1.165) is 4.56 Å². The van der Waals surface area contributed by atoms with Crippen LogP contribution in [0.1, 0.15) is 0 Å². The van der Waals surface area contributed by atoms with E-state index in [9.17, 15) is 0 Å². The van der Waals surface area contributed by atoms with Crippen LogP contribution in [0.2, 0.25) is 0 Å². The molecule has 0 atom stereocenters. The van der Waals surface area contributed by atoms with Gasteiger partial charge in [-0.25, -0.2) is 0 Å². The van der Waals surface area contributed by atoms with Gasteiger partial charge in [0.05, 0.1) is 0 Å². The molecule has 0 fully saturated rings. The van der Waals surface area contributed by atoms with E-state index in [2.05, 4.69) is 4.98 Å². The van der Waals surface area contributed by atoms with E-state index in [1.807, 2.05) is 0 Å². The second-order valence-electron chi connectivity index (χ2n) is 1.05. The van der Waals surface area contributed by atoms with Crippen LogP contribution >= 0.6 is 0 Å². The Balaban J connectivity index is 0.000000360. The molecule has 1 aromatic heterocycles. The van der Waals surface area contributed by atoms with Crippen molar-refractivity contribution in [3.8, 4) is 0 Å². The molecular formula is C3H2Li2NO. The zero-order valence-corrected chi connectivity index (χ0v) is 4.51. The van der Waals surface area contributed by atoms with E-state index in [1.54, 1.807) is 30.2 Å². The van der Waals surface area contributed by atoms with E-state index in [0.29, 0.717) is 0 Å². The average molecular weight is 81.9 g/mol. The van der Waals surface area contributed by atoms with Gasteiger partial charge in [-0.1, -0.05) is 0 Å². The molecule has 0 aliphatic rings. The number of rotatable bonds is 0. The zero-order valence-electron chi connectivity index (χ0n) is 4.51. The van der Waals surface area contributed by atoms with Crippen LogP contribution in [0.15, 0.2) is 16.9 Å². The fourth-order valence-electron chi connectivity index (χ4n) is 0.295. The molecule has 0 N–H and O–H groups in total. The SMILES string of the molecule is [Li].[Li][c]1ncco1. The van der Waals surface area contributed by atoms with Gasteiger partial charge < -0.3 is 0 Å². The van der Waals surface area contributed by atoms with Crippen LogP contribution < -0.4 is 4.56 Å². The van der Waals surface area contributed by atoms with Crippen LogP contribution in [-0.2, 0) is 0 Å². The van der Waals surface area contributed by atoms with Crippen LogP contribution in [0.5, 0.6) is 0 Å². The summed E-state index contributed by atoms with van der Waals surface area (Å²) in [6.45, 7) is 0. The molecule has 0 saturated heterocycles. The predicted molar refractivity (Wildman–Crippen MR) is 27.6 cm³/mol. The second-order valence-corrected chi connectivity index (χ2v) is 1.05. The van der Waals surface area contributed by atoms with Crippen molar-refractivity contribution in [2.75, 3.05) is 0 Å². The maximum atomic E-state index is 4.72. The van der Waals surface area contributed by atoms with Crippen molar-refractivity contribution >= 4 is 41.1 Å². The quantitative estimate of drug-likeness (QED) is 0.378. The van der Waals surface area contributed by atoms with E-state index < -0.39 is 0 Å². The number of hydrogen-bond donors (Lipinski definition) is 0. The normalized spacial score (nSPS) is 7.71. The van der Waals surface area contributed by atoms with Crippen LogP contribution in [-0.4, -0.2) is 41.6 Å². The Morgan fingerprint density at radius 1 is 1.71 bits per heavy atom. The molecule has 0 unspecified atom stereocenters. The molecular weight excluding hydrogens is 79.9 g/mol. The summed E-state index contributed by atoms with van der Waals surface area (Å²) in [5.74, 6) is 0. The van der Waals surface area contributed by atoms with Crippen molar-refractivity contribution in [2.24, 2.45) is 0 Å². The fourth-order valence-corrected chi connectivity index (χ4v) is 0.295. The molecule has 0 amide bonds. The van der Waals surface area contributed by atoms with Gasteiger partial charge in [-0.3, -0.25) is 0 Å². The summed E-state index contributed by atoms with van der Waals surface area (Å²) in [5, 5.41) is 0. The number of nitrogens with zero attached hydrogens (tertiary/aromatic N) is 1. The molecule has 0 spiro atoms. The minimum atomic E-state index is 0. The van der Waals surface area contributed by atoms with Gasteiger partial charge in [0, 0.05) is 18.9 Å². The summed E-state index contributed by atoms with van der Waals surface area (Å²) in [4.78, 5) is 3.75. The van der Waals surface area contributed by atoms with Crippen molar-refractivity contribution in [3.05, 3.63) is 12.5 Å². The molecule has 7 heavy (non-hydrogen) atoms. The molecule has 0 aliphatic carbocycles. The standard InChI is InChI=1S/C3H2NO.2Li/c1-2-5-3-4-1;;/h1-2H;;. The first-order valence-corrected chi connectivity index (χ1v) is 1.75. The van der Waals surface area contributed by atoms with Gasteiger partial charge in [0.2, 0.25) is 0 Å². The first-order valence-electron chi connectivity index (χ1n) is 1.75. The molecule has 27 valence electrons. The van der Waals surface area contributed by atoms with Crippen LogP contribution in [0, 0.1) is 0 Å². The summed E-state index contributed by atoms with van der Waals surface area (Å²) in [5.41, 5.74) is 0. The van der Waals surface area contributed by atoms with Crippen molar-refractivity contribution in [1.82, 2.24) is 4.98 Å². The molecule has 1 rings (SSSR count). The third-order valence-electron chi connectivity index (χ3n) is 0.556. The molecule has 0 aromatic carbocycles. The fraction of sp³-hybridized carbons (Fsp3) is 0. The summed E-state index contributed by atoms with van der Waals surface area (Å²) in [6, 6.07) is 0. The topological polar surface area (TPSA) is 26.0 Å². The van der Waals surface area contributed by atoms with Crippen LogP contribution in [0.25, 0.3) is 0 Å². The van der Waals surface area contributed by atoms with Gasteiger partial charge in [0.1, 0.15) is 0 Å². The van der Waals surface area contributed by atoms with Crippen molar-refractivity contribution in [3.63, 3.8) is 0 Å². The summed E-state index contributed by atoms with van der Waals surface area (Å²) >= 11 is 1.81. The first-order chi connectivity index (χ1) is 2.89. The Morgan fingerprint density at radius 2 is 2.43 bits per heavy atom. The number of oxazole rings is 1. The van der Waals surface area contributed by atoms with Crippen LogP contribution in [0.3, 0.4) is 0 Å². The molecule has 0 bridgehead atoms. The van der Waals surface area contributed by atoms with Crippen molar-refractivity contribution < 1.29 is 4.42 Å². The van der Waals surface area contributed by atoms with E-state index in [-0.39, 0.29) is 18.9 Å². The molecule has 2 nitrogen and oxygen atoms in total. The van der Waals surface area contributed by atoms with Crippen LogP contribution in [0.4, 0.5) is 0 Å². The van der Waals surface area contributed by atoms with Crippen molar-refractivity contribution in [2.45, 2.75) is 0 Å². The number of hydrogen-bond acceptors (Lipinski definition) is 2. The van der Waals surface area contributed by atoms with Gasteiger partial charge in [-0.05, 0) is 0 Å². The summed E-state index contributed by atoms with van der Waals surface area (Å²) in [7, 11) is 0. The first kappa shape index (κ1) is 7.40. The van der Waals surface area contributed by atoms with Gasteiger partial charge in [-0.15, -0.1) is 0 Å². The summed E-state index contributed by atoms with van der Waals surface area (Å²) < 4.78 is 5.44. The second kappa shape index (κ2) is 3.41. The van der Waals surface area contributed by atoms with Crippen molar-refractivity contribution in [1.29, 1.82) is 0 Å². The average Bonchev–Trinajstić information content (AvgIpc) is 1.86. The van der Waals surface area contributed by atoms with Gasteiger partial charge in [0.15, 0.2) is 0 Å². The third kappa shape index (κ3) is 2.27. The molecule has 0 aliphatic heterocycles. The Hall–Kier alpha value is 0.405. The monoisotopic (exact) mass is 82.0 g/mol. The zero-order chi connectivity index (χ0) is 4.41. The predicted octanol–water partition coefficient (Wildman–Crippen LogP) is -0.912. The van der Waals surface area contributed by atoms with E-state index in [4.69, 9.17) is 4.42 Å². The Morgan fingerprint density at radius 3 is 2.57 bits per heavy atom. The minimum absolute atomic E-state index is 0. The van der Waals surface area contributed by atoms with E-state index >= 15 is 0 Å².